The van der Waals surface area contributed by atoms with Gasteiger partial charge in [-0.1, -0.05) is 178 Å². The summed E-state index contributed by atoms with van der Waals surface area (Å²) in [4.78, 5) is 46.3. The van der Waals surface area contributed by atoms with Gasteiger partial charge in [-0.05, 0) is 368 Å². The average molecular weight is 1650 g/mol. The van der Waals surface area contributed by atoms with Crippen LogP contribution < -0.4 is 19.9 Å². The molecule has 6 aromatic heterocycles. The van der Waals surface area contributed by atoms with Gasteiger partial charge in [-0.2, -0.15) is 0 Å². The number of nitrogens with zero attached hydrogens (tertiary/aromatic N) is 8. The number of benzene rings is 6. The maximum atomic E-state index is 5.82. The number of rotatable bonds is 6. The fourth-order valence-electron chi connectivity index (χ4n) is 21.9. The third-order valence-electron chi connectivity index (χ3n) is 25.7. The minimum atomic E-state index is 0. The van der Waals surface area contributed by atoms with Crippen LogP contribution in [0.25, 0.3) is 160 Å². The predicted octanol–water partition coefficient (Wildman–Crippen LogP) is 25.8. The van der Waals surface area contributed by atoms with Gasteiger partial charge in [0, 0.05) is 11.1 Å². The zero-order chi connectivity index (χ0) is 81.0. The third kappa shape index (κ3) is 14.2. The molecule has 20 rings (SSSR count). The molecule has 0 N–H and O–H groups in total. The quantitative estimate of drug-likeness (QED) is 0.120. The first kappa shape index (κ1) is 80.1. The van der Waals surface area contributed by atoms with E-state index < -0.39 is 0 Å². The Kier molecular flexibility index (Phi) is 20.9. The molecule has 10 heterocycles. The smallest absolute Gasteiger partial charge is 0.657 e. The second-order valence-corrected chi connectivity index (χ2v) is 35.0. The molecule has 4 saturated carbocycles. The van der Waals surface area contributed by atoms with E-state index in [-0.39, 0.29) is 39.0 Å². The summed E-state index contributed by atoms with van der Waals surface area (Å²) in [6.07, 6.45) is 23.3. The van der Waals surface area contributed by atoms with Crippen molar-refractivity contribution in [2.75, 3.05) is 0 Å². The van der Waals surface area contributed by atoms with Crippen LogP contribution in [0.2, 0.25) is 0 Å². The van der Waals surface area contributed by atoms with Crippen molar-refractivity contribution < 1.29 is 39.0 Å². The monoisotopic (exact) mass is 1640 g/mol. The predicted molar refractivity (Wildman–Crippen MR) is 489 cm³/mol. The van der Waals surface area contributed by atoms with Crippen LogP contribution >= 0.6 is 0 Å². The number of allylic oxidation sites excluding steroid dienone is 2. The van der Waals surface area contributed by atoms with E-state index in [0.29, 0.717) is 34.8 Å². The van der Waals surface area contributed by atoms with Crippen LogP contribution in [0.15, 0.2) is 132 Å². The Balaban J connectivity index is 0.00000506. The van der Waals surface area contributed by atoms with Crippen LogP contribution in [0.5, 0.6) is 0 Å². The molecule has 0 radical (unpaired) electrons. The Labute approximate surface area is 726 Å². The molecule has 8 nitrogen and oxygen atoms in total. The minimum absolute atomic E-state index is 0. The zero-order valence-corrected chi connectivity index (χ0v) is 77.9. The topological polar surface area (TPSA) is 108 Å². The van der Waals surface area contributed by atoms with Crippen molar-refractivity contribution in [3.63, 3.8) is 0 Å². The molecule has 6 aromatic carbocycles. The van der Waals surface area contributed by atoms with Gasteiger partial charge in [0.05, 0.1) is 51.1 Å². The van der Waals surface area contributed by atoms with E-state index in [9.17, 15) is 0 Å². The maximum Gasteiger partial charge on any atom is 2.00 e. The van der Waals surface area contributed by atoms with Crippen LogP contribution in [0.1, 0.15) is 189 Å². The summed E-state index contributed by atoms with van der Waals surface area (Å²) in [6.45, 7) is 39.6. The first-order chi connectivity index (χ1) is 56.3. The summed E-state index contributed by atoms with van der Waals surface area (Å²) in [5, 5.41) is 0. The molecular formula is C109H96N8Zn2. The second kappa shape index (κ2) is 31.1. The molecule has 0 unspecified atom stereocenters. The van der Waals surface area contributed by atoms with Gasteiger partial charge in [-0.3, -0.25) is 0 Å². The summed E-state index contributed by atoms with van der Waals surface area (Å²) < 4.78 is 0. The standard InChI is InChI=1S/C109H96N8.2Zn/c1-56-39-62(7)97(63(8)40-56)104-85-27-23-81(110-85)79(82-24-28-86(111-82)105(98-64(9)41-57(2)42-65(98)10)90-32-36-94(115-90)108(93-35-31-89(104)114-93)101-70(15)47-60(5)48-71(101)16)21-19-76(103-77-52-74-51-75(54-77)55-78(103)53-74)20-22-80-83-25-29-87(112-83)106(99-66(11)43-58(3)44-67(99)12)91-33-37-95(116-91)109(102-72(17)49-61(6)50-73(102)18)96-38-34-92(117-96)107(88-30-26-84(80)113-88)100-68(13)45-59(4)46-69(100)14;;/h23-50,74-75,77-78H,51-55H2,1-18H3;;/q-4;2*+2. The van der Waals surface area contributed by atoms with Crippen molar-refractivity contribution in [3.05, 3.63) is 289 Å². The second-order valence-electron chi connectivity index (χ2n) is 35.0. The number of hydrogen-bond donors (Lipinski definition) is 0. The van der Waals surface area contributed by atoms with Gasteiger partial charge >= 0.3 is 39.0 Å². The van der Waals surface area contributed by atoms with Gasteiger partial charge in [0.15, 0.2) is 0 Å². The van der Waals surface area contributed by atoms with Crippen molar-refractivity contribution in [2.45, 2.75) is 157 Å². The molecule has 0 spiro atoms. The Morgan fingerprint density at radius 1 is 0.244 bits per heavy atom. The van der Waals surface area contributed by atoms with E-state index in [2.05, 4.69) is 318 Å². The molecule has 8 aliphatic rings. The molecule has 576 valence electrons. The van der Waals surface area contributed by atoms with E-state index in [0.717, 1.165) is 232 Å². The molecule has 20 bridgehead atoms. The summed E-state index contributed by atoms with van der Waals surface area (Å²) in [5.74, 6) is 18.1. The van der Waals surface area contributed by atoms with E-state index in [4.69, 9.17) is 39.9 Å². The molecule has 0 atom stereocenters. The van der Waals surface area contributed by atoms with E-state index in [1.807, 2.05) is 0 Å². The normalized spacial score (nSPS) is 15.9. The number of aromatic nitrogens is 8. The van der Waals surface area contributed by atoms with Crippen molar-refractivity contribution >= 4 is 92.7 Å². The van der Waals surface area contributed by atoms with Gasteiger partial charge in [0.2, 0.25) is 0 Å². The van der Waals surface area contributed by atoms with Crippen LogP contribution in [0.3, 0.4) is 0 Å². The van der Waals surface area contributed by atoms with E-state index >= 15 is 0 Å². The molecular weight excluding hydrogens is 1550 g/mol. The molecule has 10 heteroatoms. The number of fused-ring (bicyclic) bond motifs is 16. The fourth-order valence-corrected chi connectivity index (χ4v) is 21.9. The van der Waals surface area contributed by atoms with Gasteiger partial charge in [0.1, 0.15) is 0 Å². The third-order valence-corrected chi connectivity index (χ3v) is 25.7. The minimum Gasteiger partial charge on any atom is -0.657 e. The molecule has 119 heavy (non-hydrogen) atoms. The van der Waals surface area contributed by atoms with Gasteiger partial charge in [-0.25, -0.2) is 19.9 Å². The number of hydrogen-bond acceptors (Lipinski definition) is 4. The Morgan fingerprint density at radius 2 is 0.429 bits per heavy atom. The van der Waals surface area contributed by atoms with E-state index in [1.54, 1.807) is 0 Å². The molecule has 0 saturated heterocycles. The summed E-state index contributed by atoms with van der Waals surface area (Å²) >= 11 is 0. The summed E-state index contributed by atoms with van der Waals surface area (Å²) in [5.41, 5.74) is 50.1. The zero-order valence-electron chi connectivity index (χ0n) is 72.0. The van der Waals surface area contributed by atoms with Crippen molar-refractivity contribution in [3.8, 4) is 90.4 Å². The first-order valence-electron chi connectivity index (χ1n) is 41.7. The summed E-state index contributed by atoms with van der Waals surface area (Å²) in [6, 6.07) is 44.7. The van der Waals surface area contributed by atoms with Crippen molar-refractivity contribution in [1.29, 1.82) is 0 Å². The van der Waals surface area contributed by atoms with Crippen LogP contribution in [0, 0.1) is 172 Å². The molecule has 12 aromatic rings. The molecule has 4 fully saturated rings. The molecule has 0 amide bonds. The summed E-state index contributed by atoms with van der Waals surface area (Å²) in [7, 11) is 0. The van der Waals surface area contributed by atoms with Crippen LogP contribution in [-0.2, 0) is 39.0 Å². The Morgan fingerprint density at radius 3 is 0.647 bits per heavy atom. The molecule has 4 aliphatic heterocycles. The Bertz CT molecular complexity index is 6430. The average Bonchev–Trinajstić information content (AvgIpc) is 1.75. The maximum absolute atomic E-state index is 5.82. The van der Waals surface area contributed by atoms with Gasteiger partial charge < -0.3 is 19.9 Å². The van der Waals surface area contributed by atoms with Crippen molar-refractivity contribution in [2.24, 2.45) is 23.7 Å². The Hall–Kier alpha value is -11.4. The fraction of sp³-hybridized carbons (Fsp3) is 0.248. The van der Waals surface area contributed by atoms with Gasteiger partial charge in [0.25, 0.3) is 0 Å². The van der Waals surface area contributed by atoms with E-state index in [1.165, 1.54) is 67.6 Å². The molecule has 4 aliphatic carbocycles. The SMILES string of the molecule is Cc1cc(C)c(-c2c3nc(c(-c4c(C)cc(C)cc4C)c4ccc([n-]4)c(-c4c(C)cc(C)cc4C)c4nc(c(C#CC(C#Cc5c6nc(c(-c7c(C)cc(C)cc7C)c7ccc([n-]7)c(-c7c(C)cc(C)cc7C)c7nc(c(-c8c(C)cc(C)cc8C)c8ccc5[n-]8)C=C7)C=C6)=C5C6CC7CC(C6)CC5C7)c5ccc2[n-]5)C=C4)C=C3)c(C)c1.[Zn+2].[Zn+2]. The first-order valence-corrected chi connectivity index (χ1v) is 41.7. The van der Waals surface area contributed by atoms with Gasteiger partial charge in [-0.15, -0.1) is 44.1 Å². The van der Waals surface area contributed by atoms with Crippen LogP contribution in [-0.4, -0.2) is 19.9 Å². The largest absolute Gasteiger partial charge is 2.00 e. The van der Waals surface area contributed by atoms with Crippen molar-refractivity contribution in [1.82, 2.24) is 39.9 Å². The van der Waals surface area contributed by atoms with Crippen LogP contribution in [0.4, 0.5) is 0 Å². The number of aryl methyl sites for hydroxylation is 18.